The molecule has 128 valence electrons. The standard InChI is InChI=1S/C20H30O3/c1-5-6-12-22-15-17(2)19-9-7-10-20(14-19)18(3)16-23-13-8-11-21-4/h7,9-10,14-16H,5-6,8,11-13H2,1-4H3/b17-15+,18-16+. The Labute approximate surface area is 141 Å². The van der Waals surface area contributed by atoms with Crippen molar-refractivity contribution in [2.24, 2.45) is 0 Å². The van der Waals surface area contributed by atoms with Gasteiger partial charge >= 0.3 is 0 Å². The van der Waals surface area contributed by atoms with Crippen LogP contribution in [0.2, 0.25) is 0 Å². The number of allylic oxidation sites excluding steroid dienone is 2. The van der Waals surface area contributed by atoms with Gasteiger partial charge in [0, 0.05) is 20.1 Å². The summed E-state index contributed by atoms with van der Waals surface area (Å²) < 4.78 is 16.1. The van der Waals surface area contributed by atoms with Gasteiger partial charge in [-0.05, 0) is 48.6 Å². The van der Waals surface area contributed by atoms with Crippen LogP contribution in [0.4, 0.5) is 0 Å². The molecule has 23 heavy (non-hydrogen) atoms. The lowest BCUT2D eigenvalue weighted by molar-refractivity contribution is 0.157. The Hall–Kier alpha value is -1.74. The summed E-state index contributed by atoms with van der Waals surface area (Å²) in [5.74, 6) is 0. The van der Waals surface area contributed by atoms with Crippen molar-refractivity contribution in [2.75, 3.05) is 26.9 Å². The highest BCUT2D eigenvalue weighted by molar-refractivity contribution is 5.70. The summed E-state index contributed by atoms with van der Waals surface area (Å²) >= 11 is 0. The fraction of sp³-hybridized carbons (Fsp3) is 0.500. The molecule has 3 nitrogen and oxygen atoms in total. The summed E-state index contributed by atoms with van der Waals surface area (Å²) in [4.78, 5) is 0. The van der Waals surface area contributed by atoms with Gasteiger partial charge in [-0.15, -0.1) is 0 Å². The van der Waals surface area contributed by atoms with Gasteiger partial charge in [-0.25, -0.2) is 0 Å². The molecule has 1 aromatic rings. The van der Waals surface area contributed by atoms with Crippen LogP contribution in [0.1, 0.15) is 51.2 Å². The van der Waals surface area contributed by atoms with Gasteiger partial charge in [-0.3, -0.25) is 0 Å². The molecule has 0 amide bonds. The van der Waals surface area contributed by atoms with E-state index >= 15 is 0 Å². The SMILES string of the molecule is CCCCO/C=C(\C)c1cccc(/C(C)=C/OCCCOC)c1. The number of hydrogen-bond donors (Lipinski definition) is 0. The fourth-order valence-corrected chi connectivity index (χ4v) is 2.03. The summed E-state index contributed by atoms with van der Waals surface area (Å²) in [5, 5.41) is 0. The van der Waals surface area contributed by atoms with E-state index in [9.17, 15) is 0 Å². The molecule has 0 saturated heterocycles. The van der Waals surface area contributed by atoms with E-state index in [1.165, 1.54) is 5.56 Å². The van der Waals surface area contributed by atoms with E-state index in [0.717, 1.165) is 49.2 Å². The summed E-state index contributed by atoms with van der Waals surface area (Å²) in [5.41, 5.74) is 4.59. The maximum Gasteiger partial charge on any atom is 0.0895 e. The molecule has 0 aliphatic heterocycles. The Balaban J connectivity index is 2.62. The van der Waals surface area contributed by atoms with E-state index in [4.69, 9.17) is 14.2 Å². The predicted molar refractivity (Wildman–Crippen MR) is 97.0 cm³/mol. The molecule has 0 bridgehead atoms. The minimum Gasteiger partial charge on any atom is -0.501 e. The van der Waals surface area contributed by atoms with Gasteiger partial charge in [0.25, 0.3) is 0 Å². The molecule has 0 radical (unpaired) electrons. The highest BCUT2D eigenvalue weighted by atomic mass is 16.5. The minimum absolute atomic E-state index is 0.676. The average Bonchev–Trinajstić information content (AvgIpc) is 2.58. The number of unbranched alkanes of at least 4 members (excludes halogenated alkanes) is 1. The summed E-state index contributed by atoms with van der Waals surface area (Å²) in [6.07, 6.45) is 6.82. The normalized spacial score (nSPS) is 12.3. The van der Waals surface area contributed by atoms with Crippen LogP contribution >= 0.6 is 0 Å². The van der Waals surface area contributed by atoms with Crippen LogP contribution in [0.25, 0.3) is 11.1 Å². The van der Waals surface area contributed by atoms with Gasteiger partial charge in [0.15, 0.2) is 0 Å². The summed E-state index contributed by atoms with van der Waals surface area (Å²) in [6.45, 7) is 8.48. The smallest absolute Gasteiger partial charge is 0.0895 e. The van der Waals surface area contributed by atoms with Gasteiger partial charge in [-0.1, -0.05) is 31.5 Å². The second-order valence-electron chi connectivity index (χ2n) is 5.62. The molecular weight excluding hydrogens is 288 g/mol. The van der Waals surface area contributed by atoms with Crippen molar-refractivity contribution < 1.29 is 14.2 Å². The molecule has 0 atom stereocenters. The molecule has 1 rings (SSSR count). The molecule has 0 aliphatic carbocycles. The Morgan fingerprint density at radius 3 is 2.00 bits per heavy atom. The lowest BCUT2D eigenvalue weighted by Crippen LogP contribution is -1.95. The third-order valence-corrected chi connectivity index (χ3v) is 3.52. The van der Waals surface area contributed by atoms with Crippen LogP contribution in [0.15, 0.2) is 36.8 Å². The number of benzene rings is 1. The van der Waals surface area contributed by atoms with Gasteiger partial charge in [-0.2, -0.15) is 0 Å². The Kier molecular flexibility index (Phi) is 9.89. The quantitative estimate of drug-likeness (QED) is 0.410. The third-order valence-electron chi connectivity index (χ3n) is 3.52. The van der Waals surface area contributed by atoms with Gasteiger partial charge in [0.2, 0.25) is 0 Å². The zero-order valence-corrected chi connectivity index (χ0v) is 14.9. The zero-order chi connectivity index (χ0) is 16.9. The molecule has 0 spiro atoms. The molecule has 1 aromatic carbocycles. The fourth-order valence-electron chi connectivity index (χ4n) is 2.03. The molecule has 0 N–H and O–H groups in total. The van der Waals surface area contributed by atoms with Crippen LogP contribution in [-0.4, -0.2) is 26.9 Å². The molecule has 3 heteroatoms. The van der Waals surface area contributed by atoms with E-state index in [0.29, 0.717) is 6.61 Å². The maximum absolute atomic E-state index is 5.58. The second-order valence-corrected chi connectivity index (χ2v) is 5.62. The van der Waals surface area contributed by atoms with Crippen LogP contribution in [0.5, 0.6) is 0 Å². The summed E-state index contributed by atoms with van der Waals surface area (Å²) in [7, 11) is 1.70. The van der Waals surface area contributed by atoms with Gasteiger partial charge in [0.1, 0.15) is 0 Å². The first kappa shape index (κ1) is 19.3. The Morgan fingerprint density at radius 2 is 1.48 bits per heavy atom. The number of hydrogen-bond acceptors (Lipinski definition) is 3. The van der Waals surface area contributed by atoms with Gasteiger partial charge < -0.3 is 14.2 Å². The van der Waals surface area contributed by atoms with E-state index in [2.05, 4.69) is 45.0 Å². The Bertz CT molecular complexity index is 503. The van der Waals surface area contributed by atoms with E-state index in [1.807, 2.05) is 12.5 Å². The number of rotatable bonds is 11. The van der Waals surface area contributed by atoms with Crippen LogP contribution in [0.3, 0.4) is 0 Å². The summed E-state index contributed by atoms with van der Waals surface area (Å²) in [6, 6.07) is 8.43. The third kappa shape index (κ3) is 7.89. The molecule has 0 saturated carbocycles. The lowest BCUT2D eigenvalue weighted by atomic mass is 10.0. The van der Waals surface area contributed by atoms with Crippen molar-refractivity contribution in [3.05, 3.63) is 47.9 Å². The van der Waals surface area contributed by atoms with Crippen molar-refractivity contribution in [3.8, 4) is 0 Å². The average molecular weight is 318 g/mol. The van der Waals surface area contributed by atoms with Crippen LogP contribution in [0, 0.1) is 0 Å². The molecular formula is C20H30O3. The molecule has 0 aliphatic rings. The molecule has 0 aromatic heterocycles. The van der Waals surface area contributed by atoms with E-state index < -0.39 is 0 Å². The molecule has 0 heterocycles. The highest BCUT2D eigenvalue weighted by Gasteiger charge is 2.01. The minimum atomic E-state index is 0.676. The maximum atomic E-state index is 5.58. The number of ether oxygens (including phenoxy) is 3. The van der Waals surface area contributed by atoms with Crippen molar-refractivity contribution in [3.63, 3.8) is 0 Å². The lowest BCUT2D eigenvalue weighted by Gasteiger charge is -2.08. The highest BCUT2D eigenvalue weighted by Crippen LogP contribution is 2.20. The predicted octanol–water partition coefficient (Wildman–Crippen LogP) is 5.28. The van der Waals surface area contributed by atoms with Gasteiger partial charge in [0.05, 0.1) is 25.7 Å². The second kappa shape index (κ2) is 11.8. The van der Waals surface area contributed by atoms with Crippen molar-refractivity contribution >= 4 is 11.1 Å². The largest absolute Gasteiger partial charge is 0.501 e. The Morgan fingerprint density at radius 1 is 0.913 bits per heavy atom. The number of methoxy groups -OCH3 is 1. The molecule has 0 unspecified atom stereocenters. The zero-order valence-electron chi connectivity index (χ0n) is 14.9. The first-order chi connectivity index (χ1) is 11.2. The van der Waals surface area contributed by atoms with Crippen molar-refractivity contribution in [2.45, 2.75) is 40.0 Å². The van der Waals surface area contributed by atoms with Crippen LogP contribution < -0.4 is 0 Å². The first-order valence-corrected chi connectivity index (χ1v) is 8.35. The van der Waals surface area contributed by atoms with E-state index in [1.54, 1.807) is 7.11 Å². The van der Waals surface area contributed by atoms with Crippen LogP contribution in [-0.2, 0) is 14.2 Å². The molecule has 0 fully saturated rings. The van der Waals surface area contributed by atoms with E-state index in [-0.39, 0.29) is 0 Å². The van der Waals surface area contributed by atoms with Crippen molar-refractivity contribution in [1.29, 1.82) is 0 Å². The van der Waals surface area contributed by atoms with Crippen molar-refractivity contribution in [1.82, 2.24) is 0 Å². The monoisotopic (exact) mass is 318 g/mol. The first-order valence-electron chi connectivity index (χ1n) is 8.35. The topological polar surface area (TPSA) is 27.7 Å².